The van der Waals surface area contributed by atoms with Crippen molar-refractivity contribution in [2.75, 3.05) is 17.7 Å². The van der Waals surface area contributed by atoms with E-state index in [1.165, 1.54) is 25.4 Å². The molecule has 2 aromatic rings. The van der Waals surface area contributed by atoms with Crippen molar-refractivity contribution in [2.45, 2.75) is 13.1 Å². The Kier molecular flexibility index (Phi) is 3.78. The van der Waals surface area contributed by atoms with Crippen molar-refractivity contribution in [3.8, 4) is 0 Å². The van der Waals surface area contributed by atoms with Crippen LogP contribution in [0.25, 0.3) is 0 Å². The number of aromatic nitrogens is 2. The van der Waals surface area contributed by atoms with Gasteiger partial charge in [0.25, 0.3) is 0 Å². The van der Waals surface area contributed by atoms with Crippen molar-refractivity contribution >= 4 is 17.3 Å². The number of hydrogen-bond donors (Lipinski definition) is 2. The molecule has 0 unspecified atom stereocenters. The molecule has 1 heterocycles. The second-order valence-electron chi connectivity index (χ2n) is 4.19. The summed E-state index contributed by atoms with van der Waals surface area (Å²) in [5, 5.41) is 5.61. The first-order chi connectivity index (χ1) is 9.40. The number of rotatable bonds is 3. The molecule has 2 N–H and O–H groups in total. The van der Waals surface area contributed by atoms with Gasteiger partial charge in [-0.1, -0.05) is 6.07 Å². The second-order valence-corrected chi connectivity index (χ2v) is 4.19. The van der Waals surface area contributed by atoms with Crippen LogP contribution in [0.1, 0.15) is 11.1 Å². The Bertz CT molecular complexity index is 611. The van der Waals surface area contributed by atoms with Crippen LogP contribution in [0.15, 0.2) is 30.6 Å². The van der Waals surface area contributed by atoms with Crippen molar-refractivity contribution in [3.05, 3.63) is 41.7 Å². The van der Waals surface area contributed by atoms with Crippen LogP contribution in [0.4, 0.5) is 30.5 Å². The second kappa shape index (κ2) is 5.36. The summed E-state index contributed by atoms with van der Waals surface area (Å²) >= 11 is 0. The summed E-state index contributed by atoms with van der Waals surface area (Å²) in [4.78, 5) is 8.07. The Balaban J connectivity index is 2.30. The molecular formula is C13H13F3N4. The van der Waals surface area contributed by atoms with E-state index >= 15 is 0 Å². The highest BCUT2D eigenvalue weighted by atomic mass is 19.4. The summed E-state index contributed by atoms with van der Waals surface area (Å²) in [6, 6.07) is 4.04. The quantitative estimate of drug-likeness (QED) is 0.903. The lowest BCUT2D eigenvalue weighted by atomic mass is 10.1. The third-order valence-electron chi connectivity index (χ3n) is 2.71. The van der Waals surface area contributed by atoms with Crippen LogP contribution >= 0.6 is 0 Å². The van der Waals surface area contributed by atoms with Crippen molar-refractivity contribution in [2.24, 2.45) is 0 Å². The minimum Gasteiger partial charge on any atom is -0.372 e. The van der Waals surface area contributed by atoms with Gasteiger partial charge in [0.1, 0.15) is 5.82 Å². The Labute approximate surface area is 114 Å². The van der Waals surface area contributed by atoms with E-state index in [1.54, 1.807) is 13.1 Å². The van der Waals surface area contributed by atoms with Crippen LogP contribution in [-0.4, -0.2) is 17.0 Å². The van der Waals surface area contributed by atoms with E-state index in [-0.39, 0.29) is 5.56 Å². The van der Waals surface area contributed by atoms with Gasteiger partial charge in [-0.15, -0.1) is 0 Å². The Hall–Kier alpha value is -2.31. The lowest BCUT2D eigenvalue weighted by Crippen LogP contribution is -2.08. The molecule has 1 aromatic carbocycles. The topological polar surface area (TPSA) is 49.8 Å². The fourth-order valence-corrected chi connectivity index (χ4v) is 1.70. The van der Waals surface area contributed by atoms with E-state index in [4.69, 9.17) is 0 Å². The van der Waals surface area contributed by atoms with E-state index in [2.05, 4.69) is 20.6 Å². The Morgan fingerprint density at radius 3 is 2.45 bits per heavy atom. The molecule has 2 rings (SSSR count). The van der Waals surface area contributed by atoms with Crippen LogP contribution in [0.2, 0.25) is 0 Å². The first-order valence-electron chi connectivity index (χ1n) is 5.85. The third kappa shape index (κ3) is 3.17. The van der Waals surface area contributed by atoms with Crippen LogP contribution < -0.4 is 10.6 Å². The van der Waals surface area contributed by atoms with Crippen molar-refractivity contribution in [1.29, 1.82) is 0 Å². The van der Waals surface area contributed by atoms with Gasteiger partial charge in [0.05, 0.1) is 18.0 Å². The molecule has 0 radical (unpaired) electrons. The first-order valence-corrected chi connectivity index (χ1v) is 5.85. The van der Waals surface area contributed by atoms with E-state index in [0.717, 1.165) is 6.07 Å². The number of nitrogens with zero attached hydrogens (tertiary/aromatic N) is 2. The largest absolute Gasteiger partial charge is 0.416 e. The predicted octanol–water partition coefficient (Wildman–Crippen LogP) is 3.59. The highest BCUT2D eigenvalue weighted by molar-refractivity contribution is 5.59. The third-order valence-corrected chi connectivity index (χ3v) is 2.71. The maximum atomic E-state index is 12.8. The lowest BCUT2D eigenvalue weighted by molar-refractivity contribution is -0.138. The van der Waals surface area contributed by atoms with Crippen LogP contribution in [0, 0.1) is 6.92 Å². The number of nitrogens with one attached hydrogen (secondary N) is 2. The summed E-state index contributed by atoms with van der Waals surface area (Å²) in [5.41, 5.74) is -0.177. The van der Waals surface area contributed by atoms with Gasteiger partial charge in [0.15, 0.2) is 5.82 Å². The van der Waals surface area contributed by atoms with E-state index in [9.17, 15) is 13.2 Å². The SMILES string of the molecule is CNc1cncc(Nc2ccc(C)c(C(F)(F)F)c2)n1. The van der Waals surface area contributed by atoms with Crippen LogP contribution in [-0.2, 0) is 6.18 Å². The molecule has 0 bridgehead atoms. The van der Waals surface area contributed by atoms with Gasteiger partial charge in [0, 0.05) is 12.7 Å². The molecule has 106 valence electrons. The fourth-order valence-electron chi connectivity index (χ4n) is 1.70. The van der Waals surface area contributed by atoms with Gasteiger partial charge in [0.2, 0.25) is 0 Å². The molecular weight excluding hydrogens is 269 g/mol. The standard InChI is InChI=1S/C13H13F3N4/c1-8-3-4-9(5-10(8)13(14,15)16)19-12-7-18-6-11(17-2)20-12/h3-7H,1-2H3,(H2,17,19,20). The average Bonchev–Trinajstić information content (AvgIpc) is 2.40. The molecule has 7 heteroatoms. The molecule has 1 aromatic heterocycles. The van der Waals surface area contributed by atoms with Gasteiger partial charge in [-0.3, -0.25) is 4.98 Å². The molecule has 0 saturated carbocycles. The minimum atomic E-state index is -4.37. The van der Waals surface area contributed by atoms with Crippen LogP contribution in [0.3, 0.4) is 0 Å². The Morgan fingerprint density at radius 1 is 1.10 bits per heavy atom. The maximum absolute atomic E-state index is 12.8. The molecule has 0 fully saturated rings. The average molecular weight is 282 g/mol. The molecule has 0 aliphatic rings. The first kappa shape index (κ1) is 14.1. The van der Waals surface area contributed by atoms with Gasteiger partial charge in [-0.25, -0.2) is 4.98 Å². The highest BCUT2D eigenvalue weighted by Crippen LogP contribution is 2.33. The summed E-state index contributed by atoms with van der Waals surface area (Å²) in [6.07, 6.45) is -1.42. The Morgan fingerprint density at radius 2 is 1.80 bits per heavy atom. The number of hydrogen-bond acceptors (Lipinski definition) is 4. The molecule has 0 aliphatic carbocycles. The van der Waals surface area contributed by atoms with Gasteiger partial charge >= 0.3 is 6.18 Å². The summed E-state index contributed by atoms with van der Waals surface area (Å²) in [6.45, 7) is 1.42. The molecule has 4 nitrogen and oxygen atoms in total. The smallest absolute Gasteiger partial charge is 0.372 e. The number of aryl methyl sites for hydroxylation is 1. The zero-order chi connectivity index (χ0) is 14.8. The molecule has 0 atom stereocenters. The van der Waals surface area contributed by atoms with Gasteiger partial charge in [-0.2, -0.15) is 13.2 Å². The molecule has 0 amide bonds. The predicted molar refractivity (Wildman–Crippen MR) is 71.0 cm³/mol. The van der Waals surface area contributed by atoms with E-state index in [1.807, 2.05) is 0 Å². The van der Waals surface area contributed by atoms with Gasteiger partial charge in [-0.05, 0) is 24.6 Å². The monoisotopic (exact) mass is 282 g/mol. The zero-order valence-electron chi connectivity index (χ0n) is 10.9. The fraction of sp³-hybridized carbons (Fsp3) is 0.231. The summed E-state index contributed by atoms with van der Waals surface area (Å²) in [5.74, 6) is 0.895. The molecule has 0 aliphatic heterocycles. The van der Waals surface area contributed by atoms with E-state index in [0.29, 0.717) is 17.3 Å². The van der Waals surface area contributed by atoms with Crippen molar-refractivity contribution in [3.63, 3.8) is 0 Å². The minimum absolute atomic E-state index is 0.179. The number of halogens is 3. The van der Waals surface area contributed by atoms with E-state index < -0.39 is 11.7 Å². The molecule has 0 spiro atoms. The lowest BCUT2D eigenvalue weighted by Gasteiger charge is -2.13. The summed E-state index contributed by atoms with van der Waals surface area (Å²) < 4.78 is 38.5. The molecule has 20 heavy (non-hydrogen) atoms. The molecule has 0 saturated heterocycles. The summed E-state index contributed by atoms with van der Waals surface area (Å²) in [7, 11) is 1.68. The van der Waals surface area contributed by atoms with Crippen molar-refractivity contribution < 1.29 is 13.2 Å². The zero-order valence-corrected chi connectivity index (χ0v) is 10.9. The van der Waals surface area contributed by atoms with Gasteiger partial charge < -0.3 is 10.6 Å². The normalized spacial score (nSPS) is 11.2. The van der Waals surface area contributed by atoms with Crippen molar-refractivity contribution in [1.82, 2.24) is 9.97 Å². The number of alkyl halides is 3. The maximum Gasteiger partial charge on any atom is 0.416 e. The highest BCUT2D eigenvalue weighted by Gasteiger charge is 2.32. The number of benzene rings is 1. The number of anilines is 3. The van der Waals surface area contributed by atoms with Crippen LogP contribution in [0.5, 0.6) is 0 Å².